The molecule has 0 aliphatic carbocycles. The Morgan fingerprint density at radius 3 is 2.74 bits per heavy atom. The molecule has 1 heterocycles. The first-order chi connectivity index (χ1) is 8.91. The third-order valence-corrected chi connectivity index (χ3v) is 3.42. The zero-order valence-corrected chi connectivity index (χ0v) is 11.2. The van der Waals surface area contributed by atoms with E-state index in [-0.39, 0.29) is 10.6 Å². The molecule has 19 heavy (non-hydrogen) atoms. The van der Waals surface area contributed by atoms with Crippen LogP contribution in [-0.2, 0) is 4.74 Å². The molecule has 1 aliphatic rings. The zero-order valence-electron chi connectivity index (χ0n) is 10.4. The molecule has 1 fully saturated rings. The average molecular weight is 290 g/mol. The summed E-state index contributed by atoms with van der Waals surface area (Å²) in [5, 5.41) is 2.65. The van der Waals surface area contributed by atoms with E-state index in [0.717, 1.165) is 25.0 Å². The average Bonchev–Trinajstić information content (AvgIpc) is 2.34. The maximum atomic E-state index is 13.2. The van der Waals surface area contributed by atoms with Gasteiger partial charge in [-0.05, 0) is 31.9 Å². The van der Waals surface area contributed by atoms with Gasteiger partial charge in [-0.15, -0.1) is 0 Å². The molecule has 0 spiro atoms. The molecule has 1 aromatic rings. The zero-order chi connectivity index (χ0) is 14.0. The van der Waals surface area contributed by atoms with Crippen LogP contribution >= 0.6 is 11.6 Å². The summed E-state index contributed by atoms with van der Waals surface area (Å²) in [5.41, 5.74) is -0.587. The van der Waals surface area contributed by atoms with E-state index in [1.54, 1.807) is 0 Å². The van der Waals surface area contributed by atoms with E-state index in [9.17, 15) is 13.6 Å². The summed E-state index contributed by atoms with van der Waals surface area (Å²) in [6.07, 6.45) is 1.60. The largest absolute Gasteiger partial charge is 0.379 e. The lowest BCUT2D eigenvalue weighted by Gasteiger charge is -2.34. The van der Waals surface area contributed by atoms with Crippen molar-refractivity contribution in [2.75, 3.05) is 13.2 Å². The molecule has 1 N–H and O–H groups in total. The van der Waals surface area contributed by atoms with E-state index < -0.39 is 23.1 Å². The summed E-state index contributed by atoms with van der Waals surface area (Å²) < 4.78 is 31.4. The molecular formula is C13H14ClF2NO2. The predicted octanol–water partition coefficient (Wildman–Crippen LogP) is 2.92. The standard InChI is InChI=1S/C13H14ClF2NO2/c1-13(3-2-4-19-7-13)17-12(18)8-5-10(15)11(16)6-9(8)14/h5-6H,2-4,7H2,1H3,(H,17,18). The molecule has 0 radical (unpaired) electrons. The van der Waals surface area contributed by atoms with E-state index >= 15 is 0 Å². The summed E-state index contributed by atoms with van der Waals surface area (Å²) in [6, 6.07) is 1.60. The van der Waals surface area contributed by atoms with Gasteiger partial charge in [0.05, 0.1) is 22.7 Å². The Bertz CT molecular complexity index is 502. The number of carbonyl (C=O) groups is 1. The molecule has 1 amide bonds. The molecule has 6 heteroatoms. The van der Waals surface area contributed by atoms with Crippen molar-refractivity contribution in [2.24, 2.45) is 0 Å². The minimum atomic E-state index is -1.10. The highest BCUT2D eigenvalue weighted by Crippen LogP contribution is 2.23. The first-order valence-electron chi connectivity index (χ1n) is 5.96. The van der Waals surface area contributed by atoms with Crippen LogP contribution in [0.3, 0.4) is 0 Å². The fourth-order valence-corrected chi connectivity index (χ4v) is 2.31. The number of rotatable bonds is 2. The smallest absolute Gasteiger partial charge is 0.253 e. The third-order valence-electron chi connectivity index (χ3n) is 3.11. The number of hydrogen-bond donors (Lipinski definition) is 1. The van der Waals surface area contributed by atoms with Crippen molar-refractivity contribution in [1.82, 2.24) is 5.32 Å². The highest BCUT2D eigenvalue weighted by Gasteiger charge is 2.30. The molecule has 104 valence electrons. The quantitative estimate of drug-likeness (QED) is 0.850. The van der Waals surface area contributed by atoms with Gasteiger partial charge in [-0.25, -0.2) is 8.78 Å². The Labute approximate surface area is 114 Å². The number of benzene rings is 1. The van der Waals surface area contributed by atoms with Crippen LogP contribution in [-0.4, -0.2) is 24.7 Å². The highest BCUT2D eigenvalue weighted by atomic mass is 35.5. The molecular weight excluding hydrogens is 276 g/mol. The minimum absolute atomic E-state index is 0.0765. The van der Waals surface area contributed by atoms with Gasteiger partial charge in [-0.2, -0.15) is 0 Å². The second-order valence-electron chi connectivity index (χ2n) is 4.92. The molecule has 1 aliphatic heterocycles. The lowest BCUT2D eigenvalue weighted by Crippen LogP contribution is -2.51. The first-order valence-corrected chi connectivity index (χ1v) is 6.34. The molecule has 1 aromatic carbocycles. The van der Waals surface area contributed by atoms with Crippen molar-refractivity contribution in [3.63, 3.8) is 0 Å². The van der Waals surface area contributed by atoms with Crippen LogP contribution < -0.4 is 5.32 Å². The van der Waals surface area contributed by atoms with Gasteiger partial charge in [0.1, 0.15) is 0 Å². The van der Waals surface area contributed by atoms with E-state index in [0.29, 0.717) is 13.2 Å². The van der Waals surface area contributed by atoms with Gasteiger partial charge in [0.2, 0.25) is 0 Å². The lowest BCUT2D eigenvalue weighted by molar-refractivity contribution is 0.0272. The Balaban J connectivity index is 2.18. The molecule has 3 nitrogen and oxygen atoms in total. The van der Waals surface area contributed by atoms with Crippen LogP contribution in [0, 0.1) is 11.6 Å². The van der Waals surface area contributed by atoms with E-state index in [4.69, 9.17) is 16.3 Å². The van der Waals surface area contributed by atoms with Crippen LogP contribution in [0.2, 0.25) is 5.02 Å². The summed E-state index contributed by atoms with van der Waals surface area (Å²) in [4.78, 5) is 12.1. The maximum Gasteiger partial charge on any atom is 0.253 e. The predicted molar refractivity (Wildman–Crippen MR) is 67.3 cm³/mol. The fourth-order valence-electron chi connectivity index (χ4n) is 2.07. The summed E-state index contributed by atoms with van der Waals surface area (Å²) in [7, 11) is 0. The van der Waals surface area contributed by atoms with Crippen molar-refractivity contribution in [3.05, 3.63) is 34.4 Å². The van der Waals surface area contributed by atoms with Gasteiger partial charge in [0.15, 0.2) is 11.6 Å². The molecule has 0 saturated carbocycles. The van der Waals surface area contributed by atoms with E-state index in [1.165, 1.54) is 0 Å². The Kier molecular flexibility index (Phi) is 4.06. The Morgan fingerprint density at radius 2 is 2.11 bits per heavy atom. The molecule has 1 unspecified atom stereocenters. The van der Waals surface area contributed by atoms with Crippen LogP contribution in [0.25, 0.3) is 0 Å². The molecule has 1 atom stereocenters. The monoisotopic (exact) mass is 289 g/mol. The van der Waals surface area contributed by atoms with Crippen molar-refractivity contribution < 1.29 is 18.3 Å². The second kappa shape index (κ2) is 5.43. The van der Waals surface area contributed by atoms with Gasteiger partial charge >= 0.3 is 0 Å². The van der Waals surface area contributed by atoms with Gasteiger partial charge in [-0.1, -0.05) is 11.6 Å². The van der Waals surface area contributed by atoms with Gasteiger partial charge in [-0.3, -0.25) is 4.79 Å². The van der Waals surface area contributed by atoms with Crippen LogP contribution in [0.4, 0.5) is 8.78 Å². The van der Waals surface area contributed by atoms with Crippen LogP contribution in [0.5, 0.6) is 0 Å². The van der Waals surface area contributed by atoms with E-state index in [1.807, 2.05) is 6.92 Å². The molecule has 0 bridgehead atoms. The number of halogens is 3. The topological polar surface area (TPSA) is 38.3 Å². The molecule has 0 aromatic heterocycles. The Hall–Kier alpha value is -1.20. The van der Waals surface area contributed by atoms with Gasteiger partial charge in [0, 0.05) is 6.61 Å². The molecule has 2 rings (SSSR count). The fraction of sp³-hybridized carbons (Fsp3) is 0.462. The number of carbonyl (C=O) groups excluding carboxylic acids is 1. The SMILES string of the molecule is CC1(NC(=O)c2cc(F)c(F)cc2Cl)CCCOC1. The number of ether oxygens (including phenoxy) is 1. The van der Waals surface area contributed by atoms with Gasteiger partial charge in [0.25, 0.3) is 5.91 Å². The minimum Gasteiger partial charge on any atom is -0.379 e. The van der Waals surface area contributed by atoms with E-state index in [2.05, 4.69) is 5.32 Å². The second-order valence-corrected chi connectivity index (χ2v) is 5.32. The number of nitrogens with one attached hydrogen (secondary N) is 1. The van der Waals surface area contributed by atoms with Crippen molar-refractivity contribution in [2.45, 2.75) is 25.3 Å². The van der Waals surface area contributed by atoms with Crippen LogP contribution in [0.1, 0.15) is 30.1 Å². The highest BCUT2D eigenvalue weighted by molar-refractivity contribution is 6.33. The third kappa shape index (κ3) is 3.22. The Morgan fingerprint density at radius 1 is 1.42 bits per heavy atom. The van der Waals surface area contributed by atoms with Crippen molar-refractivity contribution >= 4 is 17.5 Å². The number of hydrogen-bond acceptors (Lipinski definition) is 2. The molecule has 1 saturated heterocycles. The van der Waals surface area contributed by atoms with Crippen molar-refractivity contribution in [3.8, 4) is 0 Å². The summed E-state index contributed by atoms with van der Waals surface area (Å²) in [6.45, 7) is 2.90. The number of amides is 1. The summed E-state index contributed by atoms with van der Waals surface area (Å²) in [5.74, 6) is -2.70. The normalized spacial score (nSPS) is 23.2. The summed E-state index contributed by atoms with van der Waals surface area (Å²) >= 11 is 5.76. The van der Waals surface area contributed by atoms with Crippen molar-refractivity contribution in [1.29, 1.82) is 0 Å². The lowest BCUT2D eigenvalue weighted by atomic mass is 9.94. The first kappa shape index (κ1) is 14.2. The van der Waals surface area contributed by atoms with Crippen LogP contribution in [0.15, 0.2) is 12.1 Å². The maximum absolute atomic E-state index is 13.2. The van der Waals surface area contributed by atoms with Gasteiger partial charge < -0.3 is 10.1 Å².